The fourth-order valence-corrected chi connectivity index (χ4v) is 4.04. The Hall–Kier alpha value is -0.880. The number of aromatic nitrogens is 2. The number of nitrogens with zero attached hydrogens (tertiary/aromatic N) is 2. The van der Waals surface area contributed by atoms with Crippen molar-refractivity contribution in [3.05, 3.63) is 18.2 Å². The molecule has 5 nitrogen and oxygen atoms in total. The molecule has 1 aromatic heterocycles. The van der Waals surface area contributed by atoms with E-state index in [0.717, 1.165) is 25.2 Å². The Labute approximate surface area is 115 Å². The van der Waals surface area contributed by atoms with Crippen molar-refractivity contribution in [3.63, 3.8) is 0 Å². The third-order valence-electron chi connectivity index (χ3n) is 3.65. The van der Waals surface area contributed by atoms with E-state index in [1.807, 2.05) is 13.1 Å². The molecule has 0 aliphatic carbocycles. The predicted octanol–water partition coefficient (Wildman–Crippen LogP) is 1.76. The van der Waals surface area contributed by atoms with Crippen LogP contribution in [0.15, 0.2) is 12.4 Å². The highest BCUT2D eigenvalue weighted by atomic mass is 32.2. The monoisotopic (exact) mass is 285 g/mol. The summed E-state index contributed by atoms with van der Waals surface area (Å²) in [5, 5.41) is 0. The van der Waals surface area contributed by atoms with Gasteiger partial charge in [0.25, 0.3) is 0 Å². The van der Waals surface area contributed by atoms with Crippen LogP contribution in [0.1, 0.15) is 44.5 Å². The summed E-state index contributed by atoms with van der Waals surface area (Å²) >= 11 is 0. The largest absolute Gasteiger partial charge is 0.347 e. The number of hydrogen-bond acceptors (Lipinski definition) is 4. The second-order valence-electron chi connectivity index (χ2n) is 5.17. The molecule has 0 amide bonds. The van der Waals surface area contributed by atoms with Gasteiger partial charge in [-0.25, -0.2) is 13.4 Å². The van der Waals surface area contributed by atoms with E-state index in [9.17, 15) is 8.42 Å². The molecule has 1 fully saturated rings. The number of sulfone groups is 1. The molecule has 1 saturated heterocycles. The summed E-state index contributed by atoms with van der Waals surface area (Å²) < 4.78 is 23.6. The van der Waals surface area contributed by atoms with E-state index < -0.39 is 9.84 Å². The molecule has 6 heteroatoms. The Morgan fingerprint density at radius 2 is 2.26 bits per heavy atom. The van der Waals surface area contributed by atoms with Crippen LogP contribution in [-0.2, 0) is 9.84 Å². The van der Waals surface area contributed by atoms with Crippen LogP contribution < -0.4 is 0 Å². The maximum Gasteiger partial charge on any atom is 0.151 e. The molecule has 1 aromatic rings. The van der Waals surface area contributed by atoms with Gasteiger partial charge in [-0.3, -0.25) is 4.90 Å². The number of rotatable bonds is 6. The van der Waals surface area contributed by atoms with Crippen LogP contribution >= 0.6 is 0 Å². The maximum atomic E-state index is 11.8. The van der Waals surface area contributed by atoms with Crippen molar-refractivity contribution < 1.29 is 8.42 Å². The summed E-state index contributed by atoms with van der Waals surface area (Å²) in [6, 6.07) is 0.251. The summed E-state index contributed by atoms with van der Waals surface area (Å²) in [6.07, 6.45) is 7.67. The lowest BCUT2D eigenvalue weighted by Gasteiger charge is -2.34. The summed E-state index contributed by atoms with van der Waals surface area (Å²) in [5.41, 5.74) is 0. The quantitative estimate of drug-likeness (QED) is 0.865. The molecule has 1 aliphatic rings. The van der Waals surface area contributed by atoms with Gasteiger partial charge in [-0.1, -0.05) is 13.3 Å². The van der Waals surface area contributed by atoms with Crippen LogP contribution in [0.25, 0.3) is 0 Å². The van der Waals surface area contributed by atoms with Gasteiger partial charge in [-0.15, -0.1) is 0 Å². The van der Waals surface area contributed by atoms with Gasteiger partial charge in [0, 0.05) is 24.7 Å². The average Bonchev–Trinajstić information content (AvgIpc) is 2.90. The van der Waals surface area contributed by atoms with Gasteiger partial charge in [0.05, 0.1) is 11.8 Å². The minimum absolute atomic E-state index is 0.251. The van der Waals surface area contributed by atoms with Gasteiger partial charge >= 0.3 is 0 Å². The SMILES string of the molecule is CCCS(=O)(=O)CCN1CCCCC1c1ncc[nH]1. The average molecular weight is 285 g/mol. The highest BCUT2D eigenvalue weighted by molar-refractivity contribution is 7.91. The van der Waals surface area contributed by atoms with E-state index in [4.69, 9.17) is 0 Å². The zero-order valence-corrected chi connectivity index (χ0v) is 12.3. The first-order valence-electron chi connectivity index (χ1n) is 7.06. The molecule has 0 aromatic carbocycles. The Kier molecular flexibility index (Phi) is 4.99. The zero-order valence-electron chi connectivity index (χ0n) is 11.5. The fraction of sp³-hybridized carbons (Fsp3) is 0.769. The molecule has 0 radical (unpaired) electrons. The Morgan fingerprint density at radius 3 is 2.95 bits per heavy atom. The van der Waals surface area contributed by atoms with Crippen molar-refractivity contribution in [2.75, 3.05) is 24.6 Å². The summed E-state index contributed by atoms with van der Waals surface area (Å²) in [7, 11) is -2.90. The van der Waals surface area contributed by atoms with Crippen molar-refractivity contribution in [2.24, 2.45) is 0 Å². The van der Waals surface area contributed by atoms with Crippen molar-refractivity contribution in [2.45, 2.75) is 38.6 Å². The minimum atomic E-state index is -2.90. The van der Waals surface area contributed by atoms with Gasteiger partial charge in [-0.05, 0) is 25.8 Å². The molecule has 2 rings (SSSR count). The highest BCUT2D eigenvalue weighted by Crippen LogP contribution is 2.28. The van der Waals surface area contributed by atoms with Crippen LogP contribution in [0.5, 0.6) is 0 Å². The lowest BCUT2D eigenvalue weighted by Crippen LogP contribution is -2.37. The number of nitrogens with one attached hydrogen (secondary N) is 1. The van der Waals surface area contributed by atoms with Gasteiger partial charge < -0.3 is 4.98 Å². The normalized spacial score (nSPS) is 21.6. The van der Waals surface area contributed by atoms with Crippen LogP contribution in [-0.4, -0.2) is 47.9 Å². The third-order valence-corrected chi connectivity index (χ3v) is 5.49. The van der Waals surface area contributed by atoms with E-state index in [0.29, 0.717) is 18.7 Å². The van der Waals surface area contributed by atoms with Gasteiger partial charge in [0.2, 0.25) is 0 Å². The fourth-order valence-electron chi connectivity index (χ4n) is 2.70. The van der Waals surface area contributed by atoms with Crippen LogP contribution in [0.3, 0.4) is 0 Å². The molecule has 108 valence electrons. The number of imidazole rings is 1. The minimum Gasteiger partial charge on any atom is -0.347 e. The molecule has 1 atom stereocenters. The first-order chi connectivity index (χ1) is 9.12. The standard InChI is InChI=1S/C13H23N3O2S/c1-2-10-19(17,18)11-9-16-8-4-3-5-12(16)13-14-6-7-15-13/h6-7,12H,2-5,8-11H2,1H3,(H,14,15). The number of piperidine rings is 1. The summed E-state index contributed by atoms with van der Waals surface area (Å²) in [6.45, 7) is 3.49. The second kappa shape index (κ2) is 6.52. The van der Waals surface area contributed by atoms with E-state index in [1.165, 1.54) is 6.42 Å². The first kappa shape index (κ1) is 14.5. The van der Waals surface area contributed by atoms with Crippen LogP contribution in [0.4, 0.5) is 0 Å². The molecular formula is C13H23N3O2S. The van der Waals surface area contributed by atoms with Crippen molar-refractivity contribution in [1.29, 1.82) is 0 Å². The first-order valence-corrected chi connectivity index (χ1v) is 8.88. The molecule has 0 spiro atoms. The zero-order chi connectivity index (χ0) is 13.7. The van der Waals surface area contributed by atoms with Gasteiger partial charge in [-0.2, -0.15) is 0 Å². The highest BCUT2D eigenvalue weighted by Gasteiger charge is 2.26. The van der Waals surface area contributed by atoms with E-state index in [2.05, 4.69) is 14.9 Å². The summed E-state index contributed by atoms with van der Waals surface area (Å²) in [5.74, 6) is 1.53. The van der Waals surface area contributed by atoms with Gasteiger partial charge in [0.15, 0.2) is 9.84 Å². The lowest BCUT2D eigenvalue weighted by molar-refractivity contribution is 0.151. The maximum absolute atomic E-state index is 11.8. The smallest absolute Gasteiger partial charge is 0.151 e. The number of aromatic amines is 1. The topological polar surface area (TPSA) is 66.1 Å². The van der Waals surface area contributed by atoms with E-state index in [1.54, 1.807) is 6.20 Å². The Bertz CT molecular complexity index is 470. The Balaban J connectivity index is 1.97. The molecule has 1 N–H and O–H groups in total. The van der Waals surface area contributed by atoms with Crippen molar-refractivity contribution >= 4 is 9.84 Å². The molecule has 19 heavy (non-hydrogen) atoms. The Morgan fingerprint density at radius 1 is 1.42 bits per heavy atom. The number of hydrogen-bond donors (Lipinski definition) is 1. The number of H-pyrrole nitrogens is 1. The second-order valence-corrected chi connectivity index (χ2v) is 7.48. The summed E-state index contributed by atoms with van der Waals surface area (Å²) in [4.78, 5) is 9.74. The molecule has 1 aliphatic heterocycles. The molecule has 2 heterocycles. The van der Waals surface area contributed by atoms with Crippen molar-refractivity contribution in [3.8, 4) is 0 Å². The molecule has 0 saturated carbocycles. The van der Waals surface area contributed by atoms with E-state index >= 15 is 0 Å². The van der Waals surface area contributed by atoms with E-state index in [-0.39, 0.29) is 11.8 Å². The molecule has 0 bridgehead atoms. The van der Waals surface area contributed by atoms with Crippen molar-refractivity contribution in [1.82, 2.24) is 14.9 Å². The third kappa shape index (κ3) is 4.04. The lowest BCUT2D eigenvalue weighted by atomic mass is 10.0. The van der Waals surface area contributed by atoms with Gasteiger partial charge in [0.1, 0.15) is 5.82 Å². The van der Waals surface area contributed by atoms with Crippen LogP contribution in [0.2, 0.25) is 0 Å². The molecule has 1 unspecified atom stereocenters. The molecular weight excluding hydrogens is 262 g/mol. The van der Waals surface area contributed by atoms with Crippen LogP contribution in [0, 0.1) is 0 Å². The number of likely N-dealkylation sites (tertiary alicyclic amines) is 1. The predicted molar refractivity (Wildman–Crippen MR) is 75.7 cm³/mol.